The zero-order chi connectivity index (χ0) is 16.9. The standard InChI is InChI=1S/C17H25ClN2O3/c1-17(2,3)23-16(21)20-8-6-13(7-9-20)11-22-12-14-4-5-15(18)19-10-14/h4-5,10,13H,6-9,11-12H2,1-3H3. The van der Waals surface area contributed by atoms with E-state index in [1.165, 1.54) is 0 Å². The van der Waals surface area contributed by atoms with Crippen LogP contribution in [-0.2, 0) is 16.1 Å². The van der Waals surface area contributed by atoms with E-state index in [-0.39, 0.29) is 6.09 Å². The summed E-state index contributed by atoms with van der Waals surface area (Å²) in [6, 6.07) is 3.68. The van der Waals surface area contributed by atoms with Gasteiger partial charge in [0.25, 0.3) is 0 Å². The molecule has 1 aromatic heterocycles. The Morgan fingerprint density at radius 2 is 2.04 bits per heavy atom. The monoisotopic (exact) mass is 340 g/mol. The van der Waals surface area contributed by atoms with E-state index in [1.54, 1.807) is 17.2 Å². The Morgan fingerprint density at radius 1 is 1.35 bits per heavy atom. The molecule has 2 heterocycles. The molecule has 1 fully saturated rings. The van der Waals surface area contributed by atoms with Gasteiger partial charge in [-0.3, -0.25) is 0 Å². The number of carbonyl (C=O) groups is 1. The van der Waals surface area contributed by atoms with Crippen molar-refractivity contribution in [1.82, 2.24) is 9.88 Å². The molecular formula is C17H25ClN2O3. The predicted molar refractivity (Wildman–Crippen MR) is 89.4 cm³/mol. The summed E-state index contributed by atoms with van der Waals surface area (Å²) in [5.74, 6) is 0.481. The van der Waals surface area contributed by atoms with Crippen molar-refractivity contribution in [3.8, 4) is 0 Å². The summed E-state index contributed by atoms with van der Waals surface area (Å²) in [5.41, 5.74) is 0.574. The highest BCUT2D eigenvalue weighted by Crippen LogP contribution is 2.20. The van der Waals surface area contributed by atoms with E-state index in [9.17, 15) is 4.79 Å². The number of piperidine rings is 1. The summed E-state index contributed by atoms with van der Waals surface area (Å²) < 4.78 is 11.2. The largest absolute Gasteiger partial charge is 0.444 e. The number of carbonyl (C=O) groups excluding carboxylic acids is 1. The number of rotatable bonds is 4. The van der Waals surface area contributed by atoms with E-state index in [0.717, 1.165) is 31.5 Å². The van der Waals surface area contributed by atoms with E-state index >= 15 is 0 Å². The molecule has 0 radical (unpaired) electrons. The first-order valence-corrected chi connectivity index (χ1v) is 8.37. The Hall–Kier alpha value is -1.33. The molecule has 0 bridgehead atoms. The van der Waals surface area contributed by atoms with Crippen LogP contribution in [0.3, 0.4) is 0 Å². The van der Waals surface area contributed by atoms with Crippen molar-refractivity contribution in [1.29, 1.82) is 0 Å². The van der Waals surface area contributed by atoms with E-state index in [4.69, 9.17) is 21.1 Å². The van der Waals surface area contributed by atoms with Crippen LogP contribution in [0.5, 0.6) is 0 Å². The Balaban J connectivity index is 1.66. The minimum absolute atomic E-state index is 0.218. The molecule has 1 aliphatic rings. The van der Waals surface area contributed by atoms with Crippen molar-refractivity contribution in [2.75, 3.05) is 19.7 Å². The Morgan fingerprint density at radius 3 is 2.61 bits per heavy atom. The van der Waals surface area contributed by atoms with Gasteiger partial charge in [0.1, 0.15) is 10.8 Å². The minimum Gasteiger partial charge on any atom is -0.444 e. The highest BCUT2D eigenvalue weighted by atomic mass is 35.5. The van der Waals surface area contributed by atoms with Crippen LogP contribution in [0.1, 0.15) is 39.2 Å². The summed E-state index contributed by atoms with van der Waals surface area (Å²) in [7, 11) is 0. The molecule has 2 rings (SSSR count). The quantitative estimate of drug-likeness (QED) is 0.780. The van der Waals surface area contributed by atoms with Crippen LogP contribution < -0.4 is 0 Å². The molecule has 5 nitrogen and oxygen atoms in total. The lowest BCUT2D eigenvalue weighted by Crippen LogP contribution is -2.42. The SMILES string of the molecule is CC(C)(C)OC(=O)N1CCC(COCc2ccc(Cl)nc2)CC1. The van der Waals surface area contributed by atoms with E-state index in [1.807, 2.05) is 26.8 Å². The van der Waals surface area contributed by atoms with E-state index in [2.05, 4.69) is 4.98 Å². The van der Waals surface area contributed by atoms with E-state index < -0.39 is 5.60 Å². The van der Waals surface area contributed by atoms with Crippen LogP contribution in [0.25, 0.3) is 0 Å². The number of hydrogen-bond acceptors (Lipinski definition) is 4. The average Bonchev–Trinajstić information content (AvgIpc) is 2.48. The third-order valence-corrected chi connectivity index (χ3v) is 3.90. The Bertz CT molecular complexity index is 506. The molecule has 1 saturated heterocycles. The lowest BCUT2D eigenvalue weighted by molar-refractivity contribution is 0.0105. The first-order valence-electron chi connectivity index (χ1n) is 7.99. The molecular weight excluding hydrogens is 316 g/mol. The van der Waals surface area contributed by atoms with Crippen molar-refractivity contribution in [2.24, 2.45) is 5.92 Å². The lowest BCUT2D eigenvalue weighted by atomic mass is 9.98. The van der Waals surface area contributed by atoms with Gasteiger partial charge in [-0.05, 0) is 51.2 Å². The fourth-order valence-corrected chi connectivity index (χ4v) is 2.56. The van der Waals surface area contributed by atoms with Crippen molar-refractivity contribution >= 4 is 17.7 Å². The first-order chi connectivity index (χ1) is 10.8. The maximum atomic E-state index is 12.0. The van der Waals surface area contributed by atoms with Gasteiger partial charge in [-0.2, -0.15) is 0 Å². The van der Waals surface area contributed by atoms with Crippen LogP contribution in [-0.4, -0.2) is 41.3 Å². The molecule has 0 aliphatic carbocycles. The van der Waals surface area contributed by atoms with Crippen LogP contribution >= 0.6 is 11.6 Å². The van der Waals surface area contributed by atoms with Gasteiger partial charge >= 0.3 is 6.09 Å². The summed E-state index contributed by atoms with van der Waals surface area (Å²) in [6.07, 6.45) is 3.40. The molecule has 1 aliphatic heterocycles. The van der Waals surface area contributed by atoms with Gasteiger partial charge in [-0.15, -0.1) is 0 Å². The third-order valence-electron chi connectivity index (χ3n) is 3.68. The first kappa shape index (κ1) is 18.0. The van der Waals surface area contributed by atoms with Crippen LogP contribution in [0.2, 0.25) is 5.15 Å². The average molecular weight is 341 g/mol. The third kappa shape index (κ3) is 6.36. The Kier molecular flexibility index (Phi) is 6.25. The molecule has 0 unspecified atom stereocenters. The predicted octanol–water partition coefficient (Wildman–Crippen LogP) is 3.90. The Labute approximate surface area is 142 Å². The molecule has 1 amide bonds. The number of halogens is 1. The van der Waals surface area contributed by atoms with E-state index in [0.29, 0.717) is 24.3 Å². The number of aromatic nitrogens is 1. The number of pyridine rings is 1. The summed E-state index contributed by atoms with van der Waals surface area (Å²) in [6.45, 7) is 8.35. The van der Waals surface area contributed by atoms with Crippen LogP contribution in [0, 0.1) is 5.92 Å². The maximum Gasteiger partial charge on any atom is 0.410 e. The van der Waals surface area contributed by atoms with Gasteiger partial charge in [0, 0.05) is 25.9 Å². The fourth-order valence-electron chi connectivity index (χ4n) is 2.44. The second-order valence-electron chi connectivity index (χ2n) is 6.92. The smallest absolute Gasteiger partial charge is 0.410 e. The molecule has 0 saturated carbocycles. The molecule has 0 N–H and O–H groups in total. The van der Waals surface area contributed by atoms with Gasteiger partial charge in [-0.25, -0.2) is 9.78 Å². The van der Waals surface area contributed by atoms with Crippen molar-refractivity contribution in [2.45, 2.75) is 45.8 Å². The summed E-state index contributed by atoms with van der Waals surface area (Å²) in [5, 5.41) is 0.489. The van der Waals surface area contributed by atoms with Gasteiger partial charge in [0.2, 0.25) is 0 Å². The van der Waals surface area contributed by atoms with Gasteiger partial charge in [0.15, 0.2) is 0 Å². The number of amides is 1. The summed E-state index contributed by atoms with van der Waals surface area (Å²) >= 11 is 5.75. The van der Waals surface area contributed by atoms with Crippen LogP contribution in [0.15, 0.2) is 18.3 Å². The zero-order valence-electron chi connectivity index (χ0n) is 14.0. The number of nitrogens with zero attached hydrogens (tertiary/aromatic N) is 2. The zero-order valence-corrected chi connectivity index (χ0v) is 14.8. The molecule has 0 spiro atoms. The number of hydrogen-bond donors (Lipinski definition) is 0. The van der Waals surface area contributed by atoms with Gasteiger partial charge in [0.05, 0.1) is 6.61 Å². The topological polar surface area (TPSA) is 51.7 Å². The second kappa shape index (κ2) is 7.97. The van der Waals surface area contributed by atoms with Gasteiger partial charge in [-0.1, -0.05) is 17.7 Å². The molecule has 1 aromatic rings. The second-order valence-corrected chi connectivity index (χ2v) is 7.30. The summed E-state index contributed by atoms with van der Waals surface area (Å²) in [4.78, 5) is 17.8. The fraction of sp³-hybridized carbons (Fsp3) is 0.647. The van der Waals surface area contributed by atoms with Gasteiger partial charge < -0.3 is 14.4 Å². The number of likely N-dealkylation sites (tertiary alicyclic amines) is 1. The lowest BCUT2D eigenvalue weighted by Gasteiger charge is -2.33. The molecule has 6 heteroatoms. The molecule has 0 atom stereocenters. The molecule has 0 aromatic carbocycles. The maximum absolute atomic E-state index is 12.0. The highest BCUT2D eigenvalue weighted by molar-refractivity contribution is 6.29. The van der Waals surface area contributed by atoms with Crippen molar-refractivity contribution in [3.63, 3.8) is 0 Å². The normalized spacial score (nSPS) is 16.4. The van der Waals surface area contributed by atoms with Crippen molar-refractivity contribution < 1.29 is 14.3 Å². The highest BCUT2D eigenvalue weighted by Gasteiger charge is 2.26. The molecule has 128 valence electrons. The minimum atomic E-state index is -0.441. The number of ether oxygens (including phenoxy) is 2. The van der Waals surface area contributed by atoms with Crippen LogP contribution in [0.4, 0.5) is 4.79 Å². The molecule has 23 heavy (non-hydrogen) atoms. The van der Waals surface area contributed by atoms with Crippen molar-refractivity contribution in [3.05, 3.63) is 29.0 Å².